The molecule has 0 atom stereocenters. The minimum absolute atomic E-state index is 0.0234. The van der Waals surface area contributed by atoms with Crippen molar-refractivity contribution in [2.45, 2.75) is 44.1 Å². The van der Waals surface area contributed by atoms with Crippen LogP contribution in [-0.2, 0) is 0 Å². The molecule has 1 N–H and O–H groups in total. The molecular formula is C18H20NO3-. The number of hydrogen-bond donors (Lipinski definition) is 1. The smallest absolute Gasteiger partial charge is 0.252 e. The number of aromatic carboxylic acids is 1. The third kappa shape index (κ3) is 2.21. The van der Waals surface area contributed by atoms with Crippen LogP contribution in [0.25, 0.3) is 0 Å². The van der Waals surface area contributed by atoms with Gasteiger partial charge in [-0.15, -0.1) is 0 Å². The lowest BCUT2D eigenvalue weighted by Crippen LogP contribution is -2.60. The summed E-state index contributed by atoms with van der Waals surface area (Å²) < 4.78 is 0. The molecule has 4 fully saturated rings. The van der Waals surface area contributed by atoms with E-state index in [4.69, 9.17) is 0 Å². The zero-order valence-electron chi connectivity index (χ0n) is 12.5. The second-order valence-corrected chi connectivity index (χ2v) is 7.49. The Bertz CT molecular complexity index is 602. The second-order valence-electron chi connectivity index (χ2n) is 7.49. The van der Waals surface area contributed by atoms with Crippen molar-refractivity contribution in [3.63, 3.8) is 0 Å². The lowest BCUT2D eigenvalue weighted by Gasteiger charge is -2.56. The van der Waals surface area contributed by atoms with Crippen molar-refractivity contribution in [3.8, 4) is 0 Å². The van der Waals surface area contributed by atoms with E-state index < -0.39 is 5.97 Å². The van der Waals surface area contributed by atoms with E-state index in [1.807, 2.05) is 0 Å². The lowest BCUT2D eigenvalue weighted by atomic mass is 9.53. The predicted octanol–water partition coefficient (Wildman–Crippen LogP) is 1.75. The Morgan fingerprint density at radius 1 is 0.955 bits per heavy atom. The van der Waals surface area contributed by atoms with Crippen molar-refractivity contribution in [2.24, 2.45) is 17.8 Å². The number of hydrogen-bond acceptors (Lipinski definition) is 3. The molecule has 1 aromatic rings. The van der Waals surface area contributed by atoms with Gasteiger partial charge in [-0.05, 0) is 62.3 Å². The third-order valence-corrected chi connectivity index (χ3v) is 5.81. The Morgan fingerprint density at radius 3 is 1.95 bits per heavy atom. The van der Waals surface area contributed by atoms with Gasteiger partial charge in [0, 0.05) is 16.7 Å². The minimum Gasteiger partial charge on any atom is -0.545 e. The van der Waals surface area contributed by atoms with Gasteiger partial charge in [-0.1, -0.05) is 18.2 Å². The molecule has 0 aliphatic heterocycles. The average Bonchev–Trinajstić information content (AvgIpc) is 2.45. The number of carbonyl (C=O) groups is 2. The summed E-state index contributed by atoms with van der Waals surface area (Å²) in [6.45, 7) is 0. The van der Waals surface area contributed by atoms with Crippen LogP contribution in [0.1, 0.15) is 59.2 Å². The SMILES string of the molecule is O=C([O-])c1ccccc1C(=O)NC12CC3CC(CC(C3)C1)C2. The highest BCUT2D eigenvalue weighted by atomic mass is 16.4. The van der Waals surface area contributed by atoms with Crippen molar-refractivity contribution in [3.05, 3.63) is 35.4 Å². The summed E-state index contributed by atoms with van der Waals surface area (Å²) in [7, 11) is 0. The molecule has 22 heavy (non-hydrogen) atoms. The normalized spacial score (nSPS) is 35.4. The van der Waals surface area contributed by atoms with Crippen LogP contribution in [0.15, 0.2) is 24.3 Å². The monoisotopic (exact) mass is 298 g/mol. The molecule has 0 heterocycles. The Morgan fingerprint density at radius 2 is 1.45 bits per heavy atom. The van der Waals surface area contributed by atoms with E-state index in [0.29, 0.717) is 0 Å². The number of benzene rings is 1. The zero-order chi connectivity index (χ0) is 15.3. The summed E-state index contributed by atoms with van der Waals surface area (Å²) in [5, 5.41) is 14.4. The van der Waals surface area contributed by atoms with Crippen molar-refractivity contribution < 1.29 is 14.7 Å². The average molecular weight is 298 g/mol. The molecule has 4 nitrogen and oxygen atoms in total. The van der Waals surface area contributed by atoms with Crippen LogP contribution in [0.2, 0.25) is 0 Å². The fourth-order valence-electron chi connectivity index (χ4n) is 5.43. The van der Waals surface area contributed by atoms with Crippen molar-refractivity contribution in [1.82, 2.24) is 5.32 Å². The number of carboxylic acids is 1. The molecule has 116 valence electrons. The highest BCUT2D eigenvalue weighted by Gasteiger charge is 2.51. The number of rotatable bonds is 3. The standard InChI is InChI=1S/C18H21NO3/c20-16(14-3-1-2-4-15(14)17(21)22)19-18-8-11-5-12(9-18)7-13(6-11)10-18/h1-4,11-13H,5-10H2,(H,19,20)(H,21,22)/p-1. The van der Waals surface area contributed by atoms with Crippen LogP contribution < -0.4 is 10.4 Å². The number of nitrogens with one attached hydrogen (secondary N) is 1. The van der Waals surface area contributed by atoms with E-state index in [1.165, 1.54) is 25.3 Å². The van der Waals surface area contributed by atoms with Crippen molar-refractivity contribution in [1.29, 1.82) is 0 Å². The number of carboxylic acid groups (broad SMARTS) is 1. The summed E-state index contributed by atoms with van der Waals surface area (Å²) >= 11 is 0. The van der Waals surface area contributed by atoms with Crippen LogP contribution in [0.5, 0.6) is 0 Å². The first-order valence-electron chi connectivity index (χ1n) is 8.17. The first-order valence-corrected chi connectivity index (χ1v) is 8.17. The fourth-order valence-corrected chi connectivity index (χ4v) is 5.43. The lowest BCUT2D eigenvalue weighted by molar-refractivity contribution is -0.255. The first kappa shape index (κ1) is 13.8. The molecular weight excluding hydrogens is 278 g/mol. The summed E-state index contributed by atoms with van der Waals surface area (Å²) in [5.74, 6) is 0.659. The Kier molecular flexibility index (Phi) is 3.03. The van der Waals surface area contributed by atoms with Gasteiger partial charge in [-0.25, -0.2) is 0 Å². The summed E-state index contributed by atoms with van der Waals surface area (Å²) in [4.78, 5) is 23.9. The van der Waals surface area contributed by atoms with Gasteiger partial charge < -0.3 is 15.2 Å². The molecule has 0 saturated heterocycles. The minimum atomic E-state index is -1.30. The molecule has 4 aliphatic rings. The van der Waals surface area contributed by atoms with Gasteiger partial charge in [0.05, 0.1) is 5.97 Å². The van der Waals surface area contributed by atoms with Crippen molar-refractivity contribution >= 4 is 11.9 Å². The Balaban J connectivity index is 1.59. The molecule has 1 aromatic carbocycles. The summed E-state index contributed by atoms with van der Waals surface area (Å²) in [6, 6.07) is 6.32. The Hall–Kier alpha value is -1.84. The van der Waals surface area contributed by atoms with Gasteiger partial charge in [0.1, 0.15) is 0 Å². The van der Waals surface area contributed by atoms with E-state index >= 15 is 0 Å². The summed E-state index contributed by atoms with van der Waals surface area (Å²) in [6.07, 6.45) is 7.09. The second kappa shape index (κ2) is 4.83. The molecule has 4 aliphatic carbocycles. The van der Waals surface area contributed by atoms with Crippen LogP contribution in [0.3, 0.4) is 0 Å². The number of amides is 1. The van der Waals surface area contributed by atoms with E-state index in [9.17, 15) is 14.7 Å². The summed E-state index contributed by atoms with van der Waals surface area (Å²) in [5.41, 5.74) is 0.0909. The Labute approximate surface area is 129 Å². The van der Waals surface area contributed by atoms with Crippen LogP contribution in [-0.4, -0.2) is 17.4 Å². The predicted molar refractivity (Wildman–Crippen MR) is 79.1 cm³/mol. The van der Waals surface area contributed by atoms with Gasteiger partial charge in [0.2, 0.25) is 0 Å². The molecule has 0 aromatic heterocycles. The van der Waals surface area contributed by atoms with E-state index in [1.54, 1.807) is 18.2 Å². The molecule has 5 rings (SSSR count). The van der Waals surface area contributed by atoms with Gasteiger partial charge in [0.15, 0.2) is 0 Å². The van der Waals surface area contributed by atoms with E-state index in [-0.39, 0.29) is 22.6 Å². The van der Waals surface area contributed by atoms with Gasteiger partial charge in [0.25, 0.3) is 5.91 Å². The van der Waals surface area contributed by atoms with Gasteiger partial charge >= 0.3 is 0 Å². The van der Waals surface area contributed by atoms with Crippen LogP contribution in [0.4, 0.5) is 0 Å². The largest absolute Gasteiger partial charge is 0.545 e. The topological polar surface area (TPSA) is 69.2 Å². The zero-order valence-corrected chi connectivity index (χ0v) is 12.5. The number of carbonyl (C=O) groups excluding carboxylic acids is 2. The highest BCUT2D eigenvalue weighted by molar-refractivity contribution is 6.04. The molecule has 4 heteroatoms. The molecule has 4 saturated carbocycles. The van der Waals surface area contributed by atoms with Gasteiger partial charge in [-0.2, -0.15) is 0 Å². The van der Waals surface area contributed by atoms with Crippen molar-refractivity contribution in [2.75, 3.05) is 0 Å². The van der Waals surface area contributed by atoms with Crippen LogP contribution >= 0.6 is 0 Å². The quantitative estimate of drug-likeness (QED) is 0.924. The maximum Gasteiger partial charge on any atom is 0.252 e. The van der Waals surface area contributed by atoms with E-state index in [0.717, 1.165) is 37.0 Å². The first-order chi connectivity index (χ1) is 10.5. The molecule has 0 spiro atoms. The fraction of sp³-hybridized carbons (Fsp3) is 0.556. The molecule has 4 bridgehead atoms. The van der Waals surface area contributed by atoms with Crippen LogP contribution in [0, 0.1) is 17.8 Å². The van der Waals surface area contributed by atoms with E-state index in [2.05, 4.69) is 5.32 Å². The van der Waals surface area contributed by atoms with Gasteiger partial charge in [-0.3, -0.25) is 4.79 Å². The maximum absolute atomic E-state index is 12.7. The molecule has 1 amide bonds. The molecule has 0 radical (unpaired) electrons. The molecule has 0 unspecified atom stereocenters. The highest BCUT2D eigenvalue weighted by Crippen LogP contribution is 2.55. The third-order valence-electron chi connectivity index (χ3n) is 5.81. The maximum atomic E-state index is 12.7.